The van der Waals surface area contributed by atoms with Crippen molar-refractivity contribution in [3.8, 4) is 0 Å². The first-order valence-corrected chi connectivity index (χ1v) is 9.90. The molecule has 0 amide bonds. The number of hydrogen-bond donors (Lipinski definition) is 0. The SMILES string of the molecule is CCC(=O)C(C)(C)C(C(C=O)O[SiH](C)C)C(C)(C)C. The van der Waals surface area contributed by atoms with Gasteiger partial charge >= 0.3 is 0 Å². The summed E-state index contributed by atoms with van der Waals surface area (Å²) in [5.41, 5.74) is -0.717. The molecule has 0 aromatic carbocycles. The summed E-state index contributed by atoms with van der Waals surface area (Å²) in [4.78, 5) is 23.7. The largest absolute Gasteiger partial charge is 0.411 e. The molecule has 4 heteroatoms. The van der Waals surface area contributed by atoms with Crippen LogP contribution in [-0.4, -0.2) is 27.2 Å². The normalized spacial score (nSPS) is 16.3. The molecule has 0 aromatic rings. The molecule has 2 unspecified atom stereocenters. The van der Waals surface area contributed by atoms with Crippen LogP contribution in [0.5, 0.6) is 0 Å². The Morgan fingerprint density at radius 1 is 1.21 bits per heavy atom. The molecule has 0 fully saturated rings. The molecule has 112 valence electrons. The highest BCUT2D eigenvalue weighted by Crippen LogP contribution is 2.44. The fraction of sp³-hybridized carbons (Fsp3) is 0.867. The van der Waals surface area contributed by atoms with Crippen molar-refractivity contribution >= 4 is 21.1 Å². The van der Waals surface area contributed by atoms with Crippen LogP contribution in [0.3, 0.4) is 0 Å². The maximum atomic E-state index is 12.3. The van der Waals surface area contributed by atoms with Crippen LogP contribution in [0, 0.1) is 16.7 Å². The van der Waals surface area contributed by atoms with Crippen molar-refractivity contribution in [3.05, 3.63) is 0 Å². The average Bonchev–Trinajstić information content (AvgIpc) is 2.23. The molecule has 0 heterocycles. The molecule has 0 saturated carbocycles. The second kappa shape index (κ2) is 6.80. The van der Waals surface area contributed by atoms with E-state index in [0.717, 1.165) is 6.29 Å². The van der Waals surface area contributed by atoms with Crippen LogP contribution in [-0.2, 0) is 14.0 Å². The summed E-state index contributed by atoms with van der Waals surface area (Å²) in [6.07, 6.45) is 0.884. The lowest BCUT2D eigenvalue weighted by Gasteiger charge is -2.45. The molecular formula is C15H30O3Si. The molecule has 0 aromatic heterocycles. The zero-order valence-electron chi connectivity index (χ0n) is 13.7. The van der Waals surface area contributed by atoms with Crippen molar-refractivity contribution in [2.75, 3.05) is 0 Å². The summed E-state index contributed by atoms with van der Waals surface area (Å²) >= 11 is 0. The van der Waals surface area contributed by atoms with E-state index < -0.39 is 20.6 Å². The third-order valence-electron chi connectivity index (χ3n) is 3.64. The average molecular weight is 286 g/mol. The summed E-state index contributed by atoms with van der Waals surface area (Å²) in [7, 11) is -1.33. The number of carbonyl (C=O) groups excluding carboxylic acids is 2. The van der Waals surface area contributed by atoms with Crippen LogP contribution in [0.15, 0.2) is 0 Å². The molecule has 0 saturated heterocycles. The molecule has 0 aliphatic carbocycles. The Morgan fingerprint density at radius 2 is 1.68 bits per heavy atom. The Balaban J connectivity index is 5.55. The van der Waals surface area contributed by atoms with E-state index in [2.05, 4.69) is 20.8 Å². The number of ketones is 1. The highest BCUT2D eigenvalue weighted by atomic mass is 28.3. The number of hydrogen-bond acceptors (Lipinski definition) is 3. The lowest BCUT2D eigenvalue weighted by Crippen LogP contribution is -2.49. The molecule has 0 rings (SSSR count). The predicted octanol–water partition coefficient (Wildman–Crippen LogP) is 3.22. The smallest absolute Gasteiger partial charge is 0.171 e. The highest BCUT2D eigenvalue weighted by Gasteiger charge is 2.47. The molecule has 0 radical (unpaired) electrons. The van der Waals surface area contributed by atoms with Gasteiger partial charge in [-0.15, -0.1) is 0 Å². The summed E-state index contributed by atoms with van der Waals surface area (Å²) in [6.45, 7) is 16.1. The second-order valence-corrected chi connectivity index (χ2v) is 9.50. The summed E-state index contributed by atoms with van der Waals surface area (Å²) < 4.78 is 5.89. The Kier molecular flexibility index (Phi) is 6.62. The van der Waals surface area contributed by atoms with Crippen LogP contribution < -0.4 is 0 Å². The van der Waals surface area contributed by atoms with Gasteiger partial charge in [0, 0.05) is 17.8 Å². The van der Waals surface area contributed by atoms with Crippen molar-refractivity contribution in [2.45, 2.75) is 67.2 Å². The van der Waals surface area contributed by atoms with Gasteiger partial charge in [0.25, 0.3) is 0 Å². The summed E-state index contributed by atoms with van der Waals surface area (Å²) in [6, 6.07) is 0. The van der Waals surface area contributed by atoms with Gasteiger partial charge in [-0.2, -0.15) is 0 Å². The first kappa shape index (κ1) is 18.5. The minimum Gasteiger partial charge on any atom is -0.411 e. The van der Waals surface area contributed by atoms with E-state index in [4.69, 9.17) is 4.43 Å². The molecule has 0 aliphatic heterocycles. The van der Waals surface area contributed by atoms with Gasteiger partial charge in [-0.25, -0.2) is 0 Å². The van der Waals surface area contributed by atoms with E-state index in [1.807, 2.05) is 33.9 Å². The third kappa shape index (κ3) is 4.84. The second-order valence-electron chi connectivity index (χ2n) is 7.13. The van der Waals surface area contributed by atoms with Crippen LogP contribution in [0.1, 0.15) is 48.0 Å². The van der Waals surface area contributed by atoms with E-state index in [1.54, 1.807) is 0 Å². The van der Waals surface area contributed by atoms with Crippen LogP contribution in [0.2, 0.25) is 13.1 Å². The highest BCUT2D eigenvalue weighted by molar-refractivity contribution is 6.48. The van der Waals surface area contributed by atoms with Gasteiger partial charge in [-0.05, 0) is 18.5 Å². The number of rotatable bonds is 7. The zero-order valence-corrected chi connectivity index (χ0v) is 14.9. The Labute approximate surface area is 119 Å². The predicted molar refractivity (Wildman–Crippen MR) is 81.8 cm³/mol. The topological polar surface area (TPSA) is 43.4 Å². The fourth-order valence-electron chi connectivity index (χ4n) is 3.12. The number of Topliss-reactive ketones (excluding diaryl/α,β-unsaturated/α-hetero) is 1. The van der Waals surface area contributed by atoms with Crippen molar-refractivity contribution in [1.29, 1.82) is 0 Å². The van der Waals surface area contributed by atoms with Gasteiger partial charge in [-0.3, -0.25) is 4.79 Å². The third-order valence-corrected chi connectivity index (χ3v) is 4.50. The zero-order chi connectivity index (χ0) is 15.4. The maximum absolute atomic E-state index is 12.3. The van der Waals surface area contributed by atoms with E-state index in [-0.39, 0.29) is 17.1 Å². The van der Waals surface area contributed by atoms with Gasteiger partial charge < -0.3 is 9.22 Å². The minimum atomic E-state index is -1.33. The van der Waals surface area contributed by atoms with E-state index >= 15 is 0 Å². The van der Waals surface area contributed by atoms with E-state index in [0.29, 0.717) is 6.42 Å². The molecular weight excluding hydrogens is 256 g/mol. The Morgan fingerprint density at radius 3 is 1.95 bits per heavy atom. The van der Waals surface area contributed by atoms with Crippen LogP contribution in [0.4, 0.5) is 0 Å². The van der Waals surface area contributed by atoms with Gasteiger partial charge in [0.2, 0.25) is 0 Å². The van der Waals surface area contributed by atoms with Gasteiger partial charge in [0.15, 0.2) is 9.04 Å². The van der Waals surface area contributed by atoms with E-state index in [9.17, 15) is 9.59 Å². The quantitative estimate of drug-likeness (QED) is 0.533. The monoisotopic (exact) mass is 286 g/mol. The molecule has 2 atom stereocenters. The van der Waals surface area contributed by atoms with Crippen LogP contribution in [0.25, 0.3) is 0 Å². The first-order valence-electron chi connectivity index (χ1n) is 7.12. The van der Waals surface area contributed by atoms with Crippen LogP contribution >= 0.6 is 0 Å². The molecule has 0 N–H and O–H groups in total. The van der Waals surface area contributed by atoms with Gasteiger partial charge in [0.1, 0.15) is 18.2 Å². The van der Waals surface area contributed by atoms with Crippen molar-refractivity contribution in [2.24, 2.45) is 16.7 Å². The Hall–Kier alpha value is -0.483. The summed E-state index contributed by atoms with van der Waals surface area (Å²) in [5.74, 6) is 0.0770. The molecule has 0 spiro atoms. The lowest BCUT2D eigenvalue weighted by atomic mass is 9.61. The van der Waals surface area contributed by atoms with Crippen molar-refractivity contribution in [3.63, 3.8) is 0 Å². The minimum absolute atomic E-state index is 0.111. The van der Waals surface area contributed by atoms with Gasteiger partial charge in [0.05, 0.1) is 0 Å². The van der Waals surface area contributed by atoms with Gasteiger partial charge in [-0.1, -0.05) is 41.5 Å². The molecule has 3 nitrogen and oxygen atoms in total. The molecule has 0 aliphatic rings. The fourth-order valence-corrected chi connectivity index (χ4v) is 3.97. The standard InChI is InChI=1S/C15H30O3Si/c1-9-12(17)15(5,6)13(14(2,3)4)11(10-16)18-19(7)8/h10-11,13,19H,9H2,1-8H3. The number of aldehydes is 1. The number of carbonyl (C=O) groups is 2. The van der Waals surface area contributed by atoms with Crippen molar-refractivity contribution < 1.29 is 14.0 Å². The Bertz CT molecular complexity index is 316. The maximum Gasteiger partial charge on any atom is 0.171 e. The molecule has 19 heavy (non-hydrogen) atoms. The first-order chi connectivity index (χ1) is 8.48. The van der Waals surface area contributed by atoms with Crippen molar-refractivity contribution in [1.82, 2.24) is 0 Å². The molecule has 0 bridgehead atoms. The van der Waals surface area contributed by atoms with E-state index in [1.165, 1.54) is 0 Å². The lowest BCUT2D eigenvalue weighted by molar-refractivity contribution is -0.139. The summed E-state index contributed by atoms with van der Waals surface area (Å²) in [5, 5.41) is 0.